The summed E-state index contributed by atoms with van der Waals surface area (Å²) < 4.78 is 0. The molecule has 0 spiro atoms. The summed E-state index contributed by atoms with van der Waals surface area (Å²) in [6.07, 6.45) is 0.767. The van der Waals surface area contributed by atoms with E-state index in [1.54, 1.807) is 0 Å². The first kappa shape index (κ1) is 13.1. The van der Waals surface area contributed by atoms with E-state index in [0.29, 0.717) is 0 Å². The van der Waals surface area contributed by atoms with Crippen molar-refractivity contribution in [3.63, 3.8) is 0 Å². The van der Waals surface area contributed by atoms with Crippen molar-refractivity contribution in [3.05, 3.63) is 35.9 Å². The van der Waals surface area contributed by atoms with Gasteiger partial charge in [-0.15, -0.1) is 0 Å². The van der Waals surface area contributed by atoms with Crippen molar-refractivity contribution in [1.82, 2.24) is 4.90 Å². The molecule has 0 bridgehead atoms. The molecule has 1 amide bonds. The fourth-order valence-corrected chi connectivity index (χ4v) is 2.82. The van der Waals surface area contributed by atoms with Gasteiger partial charge in [-0.3, -0.25) is 4.79 Å². The summed E-state index contributed by atoms with van der Waals surface area (Å²) in [6, 6.07) is 9.86. The first-order chi connectivity index (χ1) is 8.70. The van der Waals surface area contributed by atoms with E-state index in [1.807, 2.05) is 49.1 Å². The van der Waals surface area contributed by atoms with Crippen LogP contribution in [0.25, 0.3) is 0 Å². The van der Waals surface area contributed by atoms with Gasteiger partial charge in [0.05, 0.1) is 5.41 Å². The third-order valence-electron chi connectivity index (χ3n) is 4.05. The van der Waals surface area contributed by atoms with Gasteiger partial charge in [-0.05, 0) is 25.8 Å². The highest BCUT2D eigenvalue weighted by Crippen LogP contribution is 2.55. The number of nitrogens with zero attached hydrogens (tertiary/aromatic N) is 1. The van der Waals surface area contributed by atoms with Crippen LogP contribution in [-0.2, 0) is 10.2 Å². The van der Waals surface area contributed by atoms with Crippen LogP contribution in [0.4, 0.5) is 0 Å². The minimum atomic E-state index is -0.470. The highest BCUT2D eigenvalue weighted by molar-refractivity contribution is 5.92. The van der Waals surface area contributed by atoms with Crippen LogP contribution in [0.1, 0.15) is 25.8 Å². The predicted molar refractivity (Wildman–Crippen MR) is 71.2 cm³/mol. The van der Waals surface area contributed by atoms with E-state index in [1.165, 1.54) is 0 Å². The molecule has 3 heteroatoms. The van der Waals surface area contributed by atoms with Crippen molar-refractivity contribution in [3.8, 4) is 0 Å². The Labute approximate surface area is 108 Å². The van der Waals surface area contributed by atoms with E-state index in [9.17, 15) is 9.90 Å². The highest BCUT2D eigenvalue weighted by Gasteiger charge is 2.61. The molecule has 1 saturated carbocycles. The van der Waals surface area contributed by atoms with Gasteiger partial charge in [0.2, 0.25) is 5.91 Å². The van der Waals surface area contributed by atoms with Gasteiger partial charge in [-0.25, -0.2) is 0 Å². The van der Waals surface area contributed by atoms with Crippen LogP contribution in [-0.4, -0.2) is 35.6 Å². The van der Waals surface area contributed by atoms with Crippen LogP contribution in [0, 0.1) is 5.92 Å². The summed E-state index contributed by atoms with van der Waals surface area (Å²) in [6.45, 7) is 5.53. The quantitative estimate of drug-likeness (QED) is 0.862. The molecule has 2 atom stereocenters. The smallest absolute Gasteiger partial charge is 0.233 e. The van der Waals surface area contributed by atoms with Crippen molar-refractivity contribution >= 4 is 5.91 Å². The van der Waals surface area contributed by atoms with Crippen molar-refractivity contribution in [1.29, 1.82) is 0 Å². The summed E-state index contributed by atoms with van der Waals surface area (Å²) in [4.78, 5) is 14.5. The van der Waals surface area contributed by atoms with E-state index in [4.69, 9.17) is 0 Å². The number of aliphatic hydroxyl groups is 1. The molecule has 0 saturated heterocycles. The molecule has 0 radical (unpaired) electrons. The minimum Gasteiger partial charge on any atom is -0.396 e. The van der Waals surface area contributed by atoms with Crippen molar-refractivity contribution in [2.45, 2.75) is 25.7 Å². The zero-order valence-electron chi connectivity index (χ0n) is 11.1. The van der Waals surface area contributed by atoms with Crippen molar-refractivity contribution in [2.75, 3.05) is 19.7 Å². The second-order valence-electron chi connectivity index (χ2n) is 4.90. The molecule has 1 aromatic rings. The minimum absolute atomic E-state index is 0.0769. The summed E-state index contributed by atoms with van der Waals surface area (Å²) in [5.74, 6) is 0.241. The molecule has 1 fully saturated rings. The maximum absolute atomic E-state index is 12.7. The van der Waals surface area contributed by atoms with Gasteiger partial charge < -0.3 is 10.0 Å². The Kier molecular flexibility index (Phi) is 3.71. The maximum Gasteiger partial charge on any atom is 0.233 e. The fraction of sp³-hybridized carbons (Fsp3) is 0.533. The molecule has 0 heterocycles. The first-order valence-electron chi connectivity index (χ1n) is 6.66. The van der Waals surface area contributed by atoms with Crippen LogP contribution < -0.4 is 0 Å². The number of hydrogen-bond acceptors (Lipinski definition) is 2. The molecule has 0 unspecified atom stereocenters. The van der Waals surface area contributed by atoms with Gasteiger partial charge in [-0.2, -0.15) is 0 Å². The van der Waals surface area contributed by atoms with E-state index in [2.05, 4.69) is 0 Å². The van der Waals surface area contributed by atoms with Gasteiger partial charge >= 0.3 is 0 Å². The number of likely N-dealkylation sites (N-methyl/N-ethyl adjacent to an activating group) is 1. The molecule has 98 valence electrons. The summed E-state index contributed by atoms with van der Waals surface area (Å²) in [5.41, 5.74) is 0.572. The van der Waals surface area contributed by atoms with Crippen LogP contribution in [0.5, 0.6) is 0 Å². The largest absolute Gasteiger partial charge is 0.396 e. The number of rotatable bonds is 5. The second-order valence-corrected chi connectivity index (χ2v) is 4.90. The SMILES string of the molecule is CCN(CC)C(=O)[C@@]1(c2ccccc2)C[C@@H]1CO. The topological polar surface area (TPSA) is 40.5 Å². The molecule has 1 N–H and O–H groups in total. The Hall–Kier alpha value is -1.35. The van der Waals surface area contributed by atoms with E-state index in [0.717, 1.165) is 25.1 Å². The fourth-order valence-electron chi connectivity index (χ4n) is 2.82. The van der Waals surface area contributed by atoms with Crippen LogP contribution in [0.15, 0.2) is 30.3 Å². The van der Waals surface area contributed by atoms with Crippen LogP contribution >= 0.6 is 0 Å². The second kappa shape index (κ2) is 5.11. The molecule has 1 aliphatic carbocycles. The zero-order valence-corrected chi connectivity index (χ0v) is 11.1. The Morgan fingerprint density at radius 2 is 1.94 bits per heavy atom. The van der Waals surface area contributed by atoms with Gasteiger partial charge in [0.1, 0.15) is 0 Å². The van der Waals surface area contributed by atoms with Gasteiger partial charge in [0, 0.05) is 25.6 Å². The number of carbonyl (C=O) groups is 1. The molecule has 0 aromatic heterocycles. The summed E-state index contributed by atoms with van der Waals surface area (Å²) in [7, 11) is 0. The van der Waals surface area contributed by atoms with E-state index >= 15 is 0 Å². The molecule has 1 aromatic carbocycles. The number of hydrogen-bond donors (Lipinski definition) is 1. The lowest BCUT2D eigenvalue weighted by molar-refractivity contribution is -0.134. The Morgan fingerprint density at radius 1 is 1.33 bits per heavy atom. The molecule has 18 heavy (non-hydrogen) atoms. The normalized spacial score (nSPS) is 25.8. The van der Waals surface area contributed by atoms with Crippen LogP contribution in [0.3, 0.4) is 0 Å². The first-order valence-corrected chi connectivity index (χ1v) is 6.66. The average Bonchev–Trinajstić information content (AvgIpc) is 3.17. The third-order valence-corrected chi connectivity index (χ3v) is 4.05. The lowest BCUT2D eigenvalue weighted by atomic mass is 9.91. The molecular formula is C15H21NO2. The molecule has 0 aliphatic heterocycles. The lowest BCUT2D eigenvalue weighted by Crippen LogP contribution is -2.40. The molecule has 3 nitrogen and oxygen atoms in total. The number of aliphatic hydroxyl groups excluding tert-OH is 1. The van der Waals surface area contributed by atoms with Gasteiger partial charge in [-0.1, -0.05) is 30.3 Å². The van der Waals surface area contributed by atoms with Gasteiger partial charge in [0.15, 0.2) is 0 Å². The Morgan fingerprint density at radius 3 is 2.39 bits per heavy atom. The Balaban J connectivity index is 2.32. The van der Waals surface area contributed by atoms with Gasteiger partial charge in [0.25, 0.3) is 0 Å². The maximum atomic E-state index is 12.7. The molecule has 2 rings (SSSR count). The third kappa shape index (κ3) is 1.93. The Bertz CT molecular complexity index is 414. The zero-order chi connectivity index (χ0) is 13.2. The standard InChI is InChI=1S/C15H21NO2/c1-3-16(4-2)14(18)15(10-13(15)11-17)12-8-6-5-7-9-12/h5-9,13,17H,3-4,10-11H2,1-2H3/t13-,15-/m1/s1. The summed E-state index contributed by atoms with van der Waals surface area (Å²) >= 11 is 0. The number of amides is 1. The monoisotopic (exact) mass is 247 g/mol. The van der Waals surface area contributed by atoms with E-state index in [-0.39, 0.29) is 18.4 Å². The molecule has 1 aliphatic rings. The van der Waals surface area contributed by atoms with Crippen LogP contribution in [0.2, 0.25) is 0 Å². The average molecular weight is 247 g/mol. The lowest BCUT2D eigenvalue weighted by Gasteiger charge is -2.26. The molecular weight excluding hydrogens is 226 g/mol. The number of benzene rings is 1. The summed E-state index contributed by atoms with van der Waals surface area (Å²) in [5, 5.41) is 9.41. The predicted octanol–water partition coefficient (Wildman–Crippen LogP) is 1.81. The van der Waals surface area contributed by atoms with E-state index < -0.39 is 5.41 Å². The number of carbonyl (C=O) groups excluding carboxylic acids is 1. The highest BCUT2D eigenvalue weighted by atomic mass is 16.3. The van der Waals surface area contributed by atoms with Crippen molar-refractivity contribution < 1.29 is 9.90 Å². The van der Waals surface area contributed by atoms with Crippen molar-refractivity contribution in [2.24, 2.45) is 5.92 Å².